The van der Waals surface area contributed by atoms with Gasteiger partial charge < -0.3 is 4.74 Å². The summed E-state index contributed by atoms with van der Waals surface area (Å²) in [7, 11) is 0. The van der Waals surface area contributed by atoms with Gasteiger partial charge in [-0.15, -0.1) is 0 Å². The Morgan fingerprint density at radius 2 is 1.47 bits per heavy atom. The summed E-state index contributed by atoms with van der Waals surface area (Å²) in [6.07, 6.45) is 0.806. The Kier molecular flexibility index (Phi) is 7.17. The summed E-state index contributed by atoms with van der Waals surface area (Å²) in [6.45, 7) is 2.32. The Balaban J connectivity index is 1.78. The number of Topliss-reactive ketones (excluding diaryl/α,β-unsaturated/α-hetero) is 1. The van der Waals surface area contributed by atoms with Crippen LogP contribution in [0.25, 0.3) is 5.76 Å². The van der Waals surface area contributed by atoms with Crippen LogP contribution >= 0.6 is 46.4 Å². The number of hydrogen-bond acceptors (Lipinski definition) is 2. The molecule has 0 saturated heterocycles. The summed E-state index contributed by atoms with van der Waals surface area (Å²) in [4.78, 5) is 13.3. The van der Waals surface area contributed by atoms with E-state index in [2.05, 4.69) is 13.0 Å². The van der Waals surface area contributed by atoms with E-state index in [1.807, 2.05) is 30.3 Å². The summed E-state index contributed by atoms with van der Waals surface area (Å²) in [5.41, 5.74) is 4.41. The van der Waals surface area contributed by atoms with Crippen molar-refractivity contribution in [3.8, 4) is 0 Å². The van der Waals surface area contributed by atoms with Gasteiger partial charge in [0.25, 0.3) is 0 Å². The van der Waals surface area contributed by atoms with Gasteiger partial charge in [-0.25, -0.2) is 0 Å². The van der Waals surface area contributed by atoms with E-state index in [4.69, 9.17) is 51.1 Å². The first-order valence-corrected chi connectivity index (χ1v) is 11.7. The fourth-order valence-corrected chi connectivity index (χ4v) is 4.56. The highest BCUT2D eigenvalue weighted by molar-refractivity contribution is 6.42. The van der Waals surface area contributed by atoms with Gasteiger partial charge in [0.1, 0.15) is 12.4 Å². The SMILES string of the molecule is CC1CC(=O)C(Cc2ccc(Cl)c(Cl)c2)=C(OCc2ccc(Cl)c(Cl)c2)c2ccccc21. The number of hydrogen-bond donors (Lipinski definition) is 0. The zero-order valence-electron chi connectivity index (χ0n) is 17.3. The third-order valence-electron chi connectivity index (χ3n) is 5.57. The molecule has 164 valence electrons. The van der Waals surface area contributed by atoms with Gasteiger partial charge in [-0.05, 0) is 46.9 Å². The molecule has 0 heterocycles. The molecule has 1 atom stereocenters. The van der Waals surface area contributed by atoms with Gasteiger partial charge in [-0.3, -0.25) is 4.79 Å². The average Bonchev–Trinajstić information content (AvgIpc) is 2.86. The molecule has 1 unspecified atom stereocenters. The van der Waals surface area contributed by atoms with Gasteiger partial charge in [-0.1, -0.05) is 89.7 Å². The number of fused-ring (bicyclic) bond motifs is 1. The second kappa shape index (κ2) is 9.89. The molecule has 1 aliphatic rings. The van der Waals surface area contributed by atoms with Crippen LogP contribution in [0.4, 0.5) is 0 Å². The van der Waals surface area contributed by atoms with E-state index in [1.165, 1.54) is 0 Å². The van der Waals surface area contributed by atoms with Gasteiger partial charge in [-0.2, -0.15) is 0 Å². The summed E-state index contributed by atoms with van der Waals surface area (Å²) < 4.78 is 6.33. The molecule has 3 aromatic rings. The van der Waals surface area contributed by atoms with E-state index in [0.717, 1.165) is 22.3 Å². The van der Waals surface area contributed by atoms with Gasteiger partial charge >= 0.3 is 0 Å². The number of halogens is 4. The zero-order valence-corrected chi connectivity index (χ0v) is 20.3. The molecule has 0 spiro atoms. The molecule has 32 heavy (non-hydrogen) atoms. The molecule has 4 rings (SSSR count). The van der Waals surface area contributed by atoms with Crippen molar-refractivity contribution < 1.29 is 9.53 Å². The van der Waals surface area contributed by atoms with Crippen LogP contribution in [0, 0.1) is 0 Å². The lowest BCUT2D eigenvalue weighted by molar-refractivity contribution is -0.115. The highest BCUT2D eigenvalue weighted by Gasteiger charge is 2.28. The summed E-state index contributed by atoms with van der Waals surface area (Å²) in [6, 6.07) is 18.8. The number of ketones is 1. The molecule has 0 radical (unpaired) electrons. The highest BCUT2D eigenvalue weighted by atomic mass is 35.5. The fourth-order valence-electron chi connectivity index (χ4n) is 3.92. The Bertz CT molecular complexity index is 1220. The van der Waals surface area contributed by atoms with Crippen molar-refractivity contribution in [3.63, 3.8) is 0 Å². The maximum absolute atomic E-state index is 13.3. The minimum absolute atomic E-state index is 0.0592. The maximum atomic E-state index is 13.3. The predicted octanol–water partition coefficient (Wildman–Crippen LogP) is 8.55. The van der Waals surface area contributed by atoms with Crippen molar-refractivity contribution in [2.24, 2.45) is 0 Å². The van der Waals surface area contributed by atoms with E-state index < -0.39 is 0 Å². The molecule has 0 N–H and O–H groups in total. The third kappa shape index (κ3) is 5.00. The topological polar surface area (TPSA) is 26.3 Å². The lowest BCUT2D eigenvalue weighted by Gasteiger charge is -2.17. The van der Waals surface area contributed by atoms with Crippen LogP contribution in [0.5, 0.6) is 0 Å². The largest absolute Gasteiger partial charge is 0.488 e. The van der Waals surface area contributed by atoms with Crippen molar-refractivity contribution >= 4 is 57.9 Å². The molecule has 0 fully saturated rings. The highest BCUT2D eigenvalue weighted by Crippen LogP contribution is 2.38. The van der Waals surface area contributed by atoms with Crippen molar-refractivity contribution in [1.29, 1.82) is 0 Å². The van der Waals surface area contributed by atoms with E-state index >= 15 is 0 Å². The van der Waals surface area contributed by atoms with Gasteiger partial charge in [0.05, 0.1) is 20.1 Å². The van der Waals surface area contributed by atoms with Crippen molar-refractivity contribution in [2.45, 2.75) is 32.3 Å². The Morgan fingerprint density at radius 3 is 2.16 bits per heavy atom. The smallest absolute Gasteiger partial charge is 0.163 e. The van der Waals surface area contributed by atoms with Gasteiger partial charge in [0.2, 0.25) is 0 Å². The first-order valence-electron chi connectivity index (χ1n) is 10.2. The third-order valence-corrected chi connectivity index (χ3v) is 7.05. The Hall–Kier alpha value is -1.97. The molecule has 1 aliphatic carbocycles. The van der Waals surface area contributed by atoms with Gasteiger partial charge in [0.15, 0.2) is 5.78 Å². The number of allylic oxidation sites excluding steroid dienone is 1. The molecular weight excluding hydrogens is 486 g/mol. The normalized spacial score (nSPS) is 16.0. The monoisotopic (exact) mass is 504 g/mol. The van der Waals surface area contributed by atoms with Crippen LogP contribution in [-0.2, 0) is 22.6 Å². The van der Waals surface area contributed by atoms with Crippen LogP contribution < -0.4 is 0 Å². The van der Waals surface area contributed by atoms with Crippen LogP contribution in [0.2, 0.25) is 20.1 Å². The van der Waals surface area contributed by atoms with Crippen LogP contribution in [0.3, 0.4) is 0 Å². The number of benzene rings is 3. The first kappa shape index (κ1) is 23.2. The van der Waals surface area contributed by atoms with Crippen molar-refractivity contribution in [2.75, 3.05) is 0 Å². The van der Waals surface area contributed by atoms with Crippen LogP contribution in [0.15, 0.2) is 66.2 Å². The van der Waals surface area contributed by atoms with E-state index in [0.29, 0.717) is 44.3 Å². The lowest BCUT2D eigenvalue weighted by Crippen LogP contribution is -2.09. The quantitative estimate of drug-likeness (QED) is 0.347. The number of rotatable bonds is 5. The number of carbonyl (C=O) groups excluding carboxylic acids is 1. The fraction of sp³-hybridized carbons (Fsp3) is 0.192. The molecule has 6 heteroatoms. The molecular formula is C26H20Cl4O2. The second-order valence-electron chi connectivity index (χ2n) is 7.89. The maximum Gasteiger partial charge on any atom is 0.163 e. The van der Waals surface area contributed by atoms with E-state index in [-0.39, 0.29) is 18.3 Å². The minimum atomic E-state index is 0.0592. The van der Waals surface area contributed by atoms with E-state index in [1.54, 1.807) is 24.3 Å². The molecule has 2 nitrogen and oxygen atoms in total. The summed E-state index contributed by atoms with van der Waals surface area (Å²) in [5, 5.41) is 1.88. The molecule has 0 bridgehead atoms. The molecule has 3 aromatic carbocycles. The number of carbonyl (C=O) groups is 1. The molecule has 0 aliphatic heterocycles. The Morgan fingerprint density at radius 1 is 0.844 bits per heavy atom. The van der Waals surface area contributed by atoms with Crippen LogP contribution in [0.1, 0.15) is 41.5 Å². The Labute approximate surface area is 207 Å². The minimum Gasteiger partial charge on any atom is -0.488 e. The second-order valence-corrected chi connectivity index (χ2v) is 9.51. The van der Waals surface area contributed by atoms with E-state index in [9.17, 15) is 4.79 Å². The molecule has 0 amide bonds. The standard InChI is InChI=1S/C26H20Cl4O2/c1-15-10-25(31)20(11-16-6-8-21(27)23(29)12-16)26(19-5-3-2-4-18(15)19)32-14-17-7-9-22(28)24(30)13-17/h2-9,12-13,15H,10-11,14H2,1H3. The number of ether oxygens (including phenoxy) is 1. The molecule has 0 aromatic heterocycles. The average molecular weight is 506 g/mol. The zero-order chi connectivity index (χ0) is 22.8. The van der Waals surface area contributed by atoms with Crippen molar-refractivity contribution in [1.82, 2.24) is 0 Å². The predicted molar refractivity (Wildman–Crippen MR) is 133 cm³/mol. The van der Waals surface area contributed by atoms with Gasteiger partial charge in [0, 0.05) is 24.0 Å². The molecule has 0 saturated carbocycles. The lowest BCUT2D eigenvalue weighted by atomic mass is 9.93. The van der Waals surface area contributed by atoms with Crippen molar-refractivity contribution in [3.05, 3.63) is 109 Å². The van der Waals surface area contributed by atoms with Crippen LogP contribution in [-0.4, -0.2) is 5.78 Å². The first-order chi connectivity index (χ1) is 15.3. The summed E-state index contributed by atoms with van der Waals surface area (Å²) >= 11 is 24.5. The summed E-state index contributed by atoms with van der Waals surface area (Å²) in [5.74, 6) is 0.726.